The second-order valence-corrected chi connectivity index (χ2v) is 6.32. The molecule has 0 bridgehead atoms. The van der Waals surface area contributed by atoms with Crippen molar-refractivity contribution in [2.75, 3.05) is 0 Å². The quantitative estimate of drug-likeness (QED) is 0.833. The minimum Gasteiger partial charge on any atom is -0.489 e. The molecule has 1 N–H and O–H groups in total. The normalized spacial score (nSPS) is 12.0. The van der Waals surface area contributed by atoms with E-state index in [1.165, 1.54) is 0 Å². The first kappa shape index (κ1) is 17.4. The fourth-order valence-electron chi connectivity index (χ4n) is 1.94. The van der Waals surface area contributed by atoms with Crippen LogP contribution >= 0.6 is 11.6 Å². The molecule has 23 heavy (non-hydrogen) atoms. The third-order valence-corrected chi connectivity index (χ3v) is 4.20. The van der Waals surface area contributed by atoms with Crippen LogP contribution < -0.4 is 10.1 Å². The molecule has 0 radical (unpaired) electrons. The van der Waals surface area contributed by atoms with Gasteiger partial charge in [-0.25, -0.2) is 0 Å². The summed E-state index contributed by atoms with van der Waals surface area (Å²) in [6.45, 7) is 6.56. The standard InChI is InChI=1S/C19H22ClNO2/c1-13(2)14(3)21-19(22)15-8-10-17(11-9-15)23-12-16-6-4-5-7-18(16)20/h4-11,13-14H,12H2,1-3H3,(H,21,22)/t14-/m1/s1. The molecule has 2 rings (SSSR count). The Morgan fingerprint density at radius 2 is 1.74 bits per heavy atom. The number of halogens is 1. The smallest absolute Gasteiger partial charge is 0.251 e. The summed E-state index contributed by atoms with van der Waals surface area (Å²) in [4.78, 5) is 12.1. The Labute approximate surface area is 142 Å². The maximum Gasteiger partial charge on any atom is 0.251 e. The van der Waals surface area contributed by atoms with Gasteiger partial charge in [0.1, 0.15) is 12.4 Å². The molecule has 1 amide bonds. The number of carbonyl (C=O) groups is 1. The number of carbonyl (C=O) groups excluding carboxylic acids is 1. The Hall–Kier alpha value is -2.00. The lowest BCUT2D eigenvalue weighted by Gasteiger charge is -2.17. The molecule has 0 heterocycles. The Kier molecular flexibility index (Phi) is 6.05. The van der Waals surface area contributed by atoms with Crippen LogP contribution in [0.25, 0.3) is 0 Å². The average Bonchev–Trinajstić information content (AvgIpc) is 2.54. The molecule has 0 spiro atoms. The molecule has 0 saturated carbocycles. The molecule has 0 aliphatic heterocycles. The molecule has 0 saturated heterocycles. The van der Waals surface area contributed by atoms with Crippen LogP contribution in [0.4, 0.5) is 0 Å². The number of benzene rings is 2. The third kappa shape index (κ3) is 5.00. The Morgan fingerprint density at radius 1 is 1.09 bits per heavy atom. The van der Waals surface area contributed by atoms with Gasteiger partial charge in [0.05, 0.1) is 0 Å². The van der Waals surface area contributed by atoms with Crippen LogP contribution in [0.15, 0.2) is 48.5 Å². The van der Waals surface area contributed by atoms with E-state index in [1.807, 2.05) is 31.2 Å². The van der Waals surface area contributed by atoms with E-state index in [4.69, 9.17) is 16.3 Å². The fourth-order valence-corrected chi connectivity index (χ4v) is 2.13. The van der Waals surface area contributed by atoms with Crippen molar-refractivity contribution >= 4 is 17.5 Å². The van der Waals surface area contributed by atoms with Gasteiger partial charge >= 0.3 is 0 Å². The zero-order chi connectivity index (χ0) is 16.8. The third-order valence-electron chi connectivity index (χ3n) is 3.83. The number of amides is 1. The van der Waals surface area contributed by atoms with E-state index < -0.39 is 0 Å². The molecule has 0 fully saturated rings. The van der Waals surface area contributed by atoms with Gasteiger partial charge in [-0.15, -0.1) is 0 Å². The van der Waals surface area contributed by atoms with Gasteiger partial charge in [-0.1, -0.05) is 43.6 Å². The molecule has 2 aromatic rings. The van der Waals surface area contributed by atoms with Crippen molar-refractivity contribution in [1.29, 1.82) is 0 Å². The second kappa shape index (κ2) is 8.02. The molecule has 0 aromatic heterocycles. The van der Waals surface area contributed by atoms with Gasteiger partial charge < -0.3 is 10.1 Å². The molecule has 1 atom stereocenters. The van der Waals surface area contributed by atoms with Gasteiger partial charge in [0, 0.05) is 22.2 Å². The first-order chi connectivity index (χ1) is 11.0. The zero-order valence-corrected chi connectivity index (χ0v) is 14.4. The Bertz CT molecular complexity index is 653. The predicted molar refractivity (Wildman–Crippen MR) is 94.0 cm³/mol. The maximum absolute atomic E-state index is 12.1. The molecule has 122 valence electrons. The summed E-state index contributed by atoms with van der Waals surface area (Å²) in [6, 6.07) is 14.8. The van der Waals surface area contributed by atoms with Crippen LogP contribution in [0.1, 0.15) is 36.7 Å². The van der Waals surface area contributed by atoms with Gasteiger partial charge in [-0.3, -0.25) is 4.79 Å². The summed E-state index contributed by atoms with van der Waals surface area (Å²) < 4.78 is 5.71. The Balaban J connectivity index is 1.94. The van der Waals surface area contributed by atoms with E-state index in [-0.39, 0.29) is 11.9 Å². The van der Waals surface area contributed by atoms with Crippen LogP contribution in [0, 0.1) is 5.92 Å². The lowest BCUT2D eigenvalue weighted by atomic mass is 10.1. The first-order valence-electron chi connectivity index (χ1n) is 7.74. The molecule has 2 aromatic carbocycles. The fraction of sp³-hybridized carbons (Fsp3) is 0.316. The SMILES string of the molecule is CC(C)[C@@H](C)NC(=O)c1ccc(OCc2ccccc2Cl)cc1. The number of rotatable bonds is 6. The summed E-state index contributed by atoms with van der Waals surface area (Å²) in [5.41, 5.74) is 1.56. The molecule has 4 heteroatoms. The molecule has 0 unspecified atom stereocenters. The van der Waals surface area contributed by atoms with E-state index in [2.05, 4.69) is 19.2 Å². The van der Waals surface area contributed by atoms with Crippen molar-refractivity contribution in [2.24, 2.45) is 5.92 Å². The van der Waals surface area contributed by atoms with E-state index in [9.17, 15) is 4.79 Å². The van der Waals surface area contributed by atoms with Crippen LogP contribution in [-0.4, -0.2) is 11.9 Å². The highest BCUT2D eigenvalue weighted by Crippen LogP contribution is 2.19. The van der Waals surface area contributed by atoms with Gasteiger partial charge in [0.15, 0.2) is 0 Å². The summed E-state index contributed by atoms with van der Waals surface area (Å²) in [5.74, 6) is 1.04. The summed E-state index contributed by atoms with van der Waals surface area (Å²) in [7, 11) is 0. The average molecular weight is 332 g/mol. The summed E-state index contributed by atoms with van der Waals surface area (Å²) >= 11 is 6.10. The van der Waals surface area contributed by atoms with Gasteiger partial charge in [0.25, 0.3) is 5.91 Å². The Morgan fingerprint density at radius 3 is 2.35 bits per heavy atom. The zero-order valence-electron chi connectivity index (χ0n) is 13.7. The van der Waals surface area contributed by atoms with E-state index in [0.717, 1.165) is 5.56 Å². The van der Waals surface area contributed by atoms with E-state index in [1.54, 1.807) is 24.3 Å². The minimum absolute atomic E-state index is 0.0659. The van der Waals surface area contributed by atoms with Crippen molar-refractivity contribution < 1.29 is 9.53 Å². The maximum atomic E-state index is 12.1. The van der Waals surface area contributed by atoms with Crippen molar-refractivity contribution in [3.05, 3.63) is 64.7 Å². The lowest BCUT2D eigenvalue weighted by molar-refractivity contribution is 0.0930. The number of hydrogen-bond donors (Lipinski definition) is 1. The number of nitrogens with one attached hydrogen (secondary N) is 1. The molecule has 0 aliphatic rings. The van der Waals surface area contributed by atoms with Crippen molar-refractivity contribution in [1.82, 2.24) is 5.32 Å². The van der Waals surface area contributed by atoms with Crippen LogP contribution in [-0.2, 0) is 6.61 Å². The number of ether oxygens (including phenoxy) is 1. The molecular weight excluding hydrogens is 310 g/mol. The highest BCUT2D eigenvalue weighted by molar-refractivity contribution is 6.31. The highest BCUT2D eigenvalue weighted by Gasteiger charge is 2.12. The van der Waals surface area contributed by atoms with Crippen LogP contribution in [0.2, 0.25) is 5.02 Å². The topological polar surface area (TPSA) is 38.3 Å². The lowest BCUT2D eigenvalue weighted by Crippen LogP contribution is -2.36. The monoisotopic (exact) mass is 331 g/mol. The highest BCUT2D eigenvalue weighted by atomic mass is 35.5. The molecule has 3 nitrogen and oxygen atoms in total. The number of hydrogen-bond acceptors (Lipinski definition) is 2. The van der Waals surface area contributed by atoms with Gasteiger partial charge in [0.2, 0.25) is 0 Å². The van der Waals surface area contributed by atoms with Crippen LogP contribution in [0.5, 0.6) is 5.75 Å². The largest absolute Gasteiger partial charge is 0.489 e. The van der Waals surface area contributed by atoms with Crippen molar-refractivity contribution in [2.45, 2.75) is 33.4 Å². The van der Waals surface area contributed by atoms with E-state index >= 15 is 0 Å². The van der Waals surface area contributed by atoms with Gasteiger partial charge in [-0.2, -0.15) is 0 Å². The van der Waals surface area contributed by atoms with Crippen molar-refractivity contribution in [3.63, 3.8) is 0 Å². The van der Waals surface area contributed by atoms with Crippen molar-refractivity contribution in [3.8, 4) is 5.75 Å². The second-order valence-electron chi connectivity index (χ2n) is 5.91. The summed E-state index contributed by atoms with van der Waals surface area (Å²) in [5, 5.41) is 3.67. The first-order valence-corrected chi connectivity index (χ1v) is 8.12. The van der Waals surface area contributed by atoms with Crippen LogP contribution in [0.3, 0.4) is 0 Å². The molecular formula is C19H22ClNO2. The van der Waals surface area contributed by atoms with E-state index in [0.29, 0.717) is 28.9 Å². The van der Waals surface area contributed by atoms with Gasteiger partial charge in [-0.05, 0) is 43.2 Å². The minimum atomic E-state index is -0.0659. The predicted octanol–water partition coefficient (Wildman–Crippen LogP) is 4.69. The molecule has 0 aliphatic carbocycles. The summed E-state index contributed by atoms with van der Waals surface area (Å²) in [6.07, 6.45) is 0.